The Hall–Kier alpha value is -3.92. The summed E-state index contributed by atoms with van der Waals surface area (Å²) in [6.07, 6.45) is 6.88. The van der Waals surface area contributed by atoms with Crippen LogP contribution in [0.5, 0.6) is 0 Å². The molecule has 3 rings (SSSR count). The number of pyridine rings is 1. The lowest BCUT2D eigenvalue weighted by Gasteiger charge is -2.31. The number of non-ortho nitro benzene ring substituents is 1. The number of aromatic nitrogens is 1. The van der Waals surface area contributed by atoms with Crippen molar-refractivity contribution in [1.82, 2.24) is 10.3 Å². The SMILES string of the molecule is C#CCOC(=O)C1=C(C)NC(C)=C(c2ccccn2)C1c1cccc([N+](=O)[O-])c1. The molecule has 1 N–H and O–H groups in total. The van der Waals surface area contributed by atoms with Crippen molar-refractivity contribution in [3.05, 3.63) is 87.0 Å². The third-order valence-corrected chi connectivity index (χ3v) is 4.62. The van der Waals surface area contributed by atoms with E-state index in [1.54, 1.807) is 31.3 Å². The largest absolute Gasteiger partial charge is 0.449 e. The number of allylic oxidation sites excluding steroid dienone is 3. The standard InChI is InChI=1S/C22H19N3O4/c1-4-12-29-22(26)20-15(3)24-14(2)19(18-10-5-6-11-23-18)21(20)16-8-7-9-17(13-16)25(27)28/h1,5-11,13,21,24H,12H2,2-3H3. The molecule has 1 unspecified atom stereocenters. The molecule has 2 aromatic rings. The molecule has 0 saturated carbocycles. The summed E-state index contributed by atoms with van der Waals surface area (Å²) in [7, 11) is 0. The number of esters is 1. The van der Waals surface area contributed by atoms with Crippen molar-refractivity contribution < 1.29 is 14.5 Å². The molecule has 146 valence electrons. The van der Waals surface area contributed by atoms with Crippen molar-refractivity contribution in [3.63, 3.8) is 0 Å². The minimum atomic E-state index is -0.601. The fourth-order valence-electron chi connectivity index (χ4n) is 3.46. The Morgan fingerprint density at radius 2 is 2.07 bits per heavy atom. The van der Waals surface area contributed by atoms with Crippen LogP contribution < -0.4 is 5.32 Å². The molecule has 29 heavy (non-hydrogen) atoms. The summed E-state index contributed by atoms with van der Waals surface area (Å²) in [5.41, 5.74) is 3.66. The third-order valence-electron chi connectivity index (χ3n) is 4.62. The van der Waals surface area contributed by atoms with Crippen molar-refractivity contribution in [2.45, 2.75) is 19.8 Å². The summed E-state index contributed by atoms with van der Waals surface area (Å²) in [5, 5.41) is 14.5. The van der Waals surface area contributed by atoms with Gasteiger partial charge in [0.25, 0.3) is 5.69 Å². The molecule has 7 heteroatoms. The Balaban J connectivity index is 2.22. The van der Waals surface area contributed by atoms with Gasteiger partial charge in [-0.2, -0.15) is 0 Å². The number of dihydropyridines is 1. The van der Waals surface area contributed by atoms with Crippen molar-refractivity contribution in [2.24, 2.45) is 0 Å². The molecule has 0 bridgehead atoms. The highest BCUT2D eigenvalue weighted by Crippen LogP contribution is 2.43. The van der Waals surface area contributed by atoms with E-state index in [0.717, 1.165) is 11.3 Å². The molecule has 1 aliphatic heterocycles. The molecule has 0 saturated heterocycles. The molecule has 1 atom stereocenters. The molecule has 2 heterocycles. The number of carbonyl (C=O) groups is 1. The van der Waals surface area contributed by atoms with Crippen molar-refractivity contribution >= 4 is 17.2 Å². The molecule has 0 amide bonds. The number of carbonyl (C=O) groups excluding carboxylic acids is 1. The van der Waals surface area contributed by atoms with Crippen LogP contribution in [0.4, 0.5) is 5.69 Å². The van der Waals surface area contributed by atoms with Crippen LogP contribution in [-0.2, 0) is 9.53 Å². The highest BCUT2D eigenvalue weighted by molar-refractivity contribution is 5.97. The van der Waals surface area contributed by atoms with Gasteiger partial charge in [-0.25, -0.2) is 4.79 Å². The summed E-state index contributed by atoms with van der Waals surface area (Å²) in [4.78, 5) is 28.1. The second-order valence-electron chi connectivity index (χ2n) is 6.48. The maximum atomic E-state index is 12.9. The van der Waals surface area contributed by atoms with E-state index in [-0.39, 0.29) is 12.3 Å². The fourth-order valence-corrected chi connectivity index (χ4v) is 3.46. The van der Waals surface area contributed by atoms with Crippen LogP contribution in [0.1, 0.15) is 31.0 Å². The number of ether oxygens (including phenoxy) is 1. The minimum absolute atomic E-state index is 0.0620. The second-order valence-corrected chi connectivity index (χ2v) is 6.48. The van der Waals surface area contributed by atoms with Gasteiger partial charge in [-0.1, -0.05) is 24.1 Å². The lowest BCUT2D eigenvalue weighted by molar-refractivity contribution is -0.384. The predicted molar refractivity (Wildman–Crippen MR) is 108 cm³/mol. The van der Waals surface area contributed by atoms with Gasteiger partial charge in [0.2, 0.25) is 0 Å². The van der Waals surface area contributed by atoms with E-state index < -0.39 is 16.8 Å². The number of nitro groups is 1. The molecule has 0 radical (unpaired) electrons. The zero-order valence-corrected chi connectivity index (χ0v) is 16.0. The first kappa shape index (κ1) is 19.8. The summed E-state index contributed by atoms with van der Waals surface area (Å²) >= 11 is 0. The van der Waals surface area contributed by atoms with Crippen LogP contribution in [0, 0.1) is 22.5 Å². The van der Waals surface area contributed by atoms with Crippen LogP contribution in [0.15, 0.2) is 65.6 Å². The lowest BCUT2D eigenvalue weighted by atomic mass is 9.79. The van der Waals surface area contributed by atoms with Gasteiger partial charge in [-0.05, 0) is 31.5 Å². The van der Waals surface area contributed by atoms with Crippen LogP contribution in [0.25, 0.3) is 5.57 Å². The summed E-state index contributed by atoms with van der Waals surface area (Å²) in [6, 6.07) is 11.7. The maximum Gasteiger partial charge on any atom is 0.337 e. The first-order chi connectivity index (χ1) is 13.9. The Labute approximate surface area is 168 Å². The normalized spacial score (nSPS) is 16.1. The van der Waals surface area contributed by atoms with Crippen LogP contribution >= 0.6 is 0 Å². The predicted octanol–water partition coefficient (Wildman–Crippen LogP) is 3.56. The average molecular weight is 389 g/mol. The first-order valence-corrected chi connectivity index (χ1v) is 8.89. The number of nitrogens with one attached hydrogen (secondary N) is 1. The molecule has 0 spiro atoms. The first-order valence-electron chi connectivity index (χ1n) is 8.89. The van der Waals surface area contributed by atoms with Crippen molar-refractivity contribution in [1.29, 1.82) is 0 Å². The van der Waals surface area contributed by atoms with Crippen LogP contribution in [0.2, 0.25) is 0 Å². The number of nitrogens with zero attached hydrogens (tertiary/aromatic N) is 2. The summed E-state index contributed by atoms with van der Waals surface area (Å²) < 4.78 is 5.20. The van der Waals surface area contributed by atoms with E-state index in [1.807, 2.05) is 19.1 Å². The number of rotatable bonds is 5. The van der Waals surface area contributed by atoms with Gasteiger partial charge < -0.3 is 10.1 Å². The Bertz CT molecular complexity index is 1060. The summed E-state index contributed by atoms with van der Waals surface area (Å²) in [6.45, 7) is 3.47. The van der Waals surface area contributed by atoms with Crippen molar-refractivity contribution in [3.8, 4) is 12.3 Å². The van der Waals surface area contributed by atoms with E-state index in [0.29, 0.717) is 22.5 Å². The number of hydrogen-bond donors (Lipinski definition) is 1. The Kier molecular flexibility index (Phi) is 5.74. The highest BCUT2D eigenvalue weighted by Gasteiger charge is 2.35. The molecule has 1 aliphatic rings. The second kappa shape index (κ2) is 8.40. The van der Waals surface area contributed by atoms with Crippen LogP contribution in [-0.4, -0.2) is 22.5 Å². The van der Waals surface area contributed by atoms with Gasteiger partial charge >= 0.3 is 5.97 Å². The molecule has 1 aromatic carbocycles. The molecule has 0 fully saturated rings. The summed E-state index contributed by atoms with van der Waals surface area (Å²) in [5.74, 6) is 1.10. The van der Waals surface area contributed by atoms with E-state index in [2.05, 4.69) is 16.2 Å². The number of hydrogen-bond acceptors (Lipinski definition) is 6. The van der Waals surface area contributed by atoms with Crippen LogP contribution in [0.3, 0.4) is 0 Å². The van der Waals surface area contributed by atoms with Gasteiger partial charge in [0.05, 0.1) is 16.2 Å². The average Bonchev–Trinajstić information content (AvgIpc) is 2.72. The van der Waals surface area contributed by atoms with Crippen molar-refractivity contribution in [2.75, 3.05) is 6.61 Å². The number of nitro benzene ring substituents is 1. The zero-order valence-electron chi connectivity index (χ0n) is 16.0. The van der Waals surface area contributed by atoms with Gasteiger partial charge in [-0.15, -0.1) is 6.42 Å². The van der Waals surface area contributed by atoms with Gasteiger partial charge in [0.15, 0.2) is 6.61 Å². The lowest BCUT2D eigenvalue weighted by Crippen LogP contribution is -2.29. The number of benzene rings is 1. The smallest absolute Gasteiger partial charge is 0.337 e. The quantitative estimate of drug-likeness (QED) is 0.364. The zero-order chi connectivity index (χ0) is 21.0. The third kappa shape index (κ3) is 4.01. The van der Waals surface area contributed by atoms with Gasteiger partial charge in [-0.3, -0.25) is 15.1 Å². The molecule has 7 nitrogen and oxygen atoms in total. The number of terminal acetylenes is 1. The van der Waals surface area contributed by atoms with E-state index in [4.69, 9.17) is 11.2 Å². The van der Waals surface area contributed by atoms with E-state index >= 15 is 0 Å². The molecular weight excluding hydrogens is 370 g/mol. The van der Waals surface area contributed by atoms with Gasteiger partial charge in [0, 0.05) is 41.2 Å². The Morgan fingerprint density at radius 1 is 1.28 bits per heavy atom. The molecular formula is C22H19N3O4. The monoisotopic (exact) mass is 389 g/mol. The molecule has 1 aromatic heterocycles. The van der Waals surface area contributed by atoms with E-state index in [1.165, 1.54) is 12.1 Å². The van der Waals surface area contributed by atoms with E-state index in [9.17, 15) is 14.9 Å². The fraction of sp³-hybridized carbons (Fsp3) is 0.182. The topological polar surface area (TPSA) is 94.4 Å². The van der Waals surface area contributed by atoms with Gasteiger partial charge in [0.1, 0.15) is 0 Å². The minimum Gasteiger partial charge on any atom is -0.449 e. The molecule has 0 aliphatic carbocycles. The highest BCUT2D eigenvalue weighted by atomic mass is 16.6. The Morgan fingerprint density at radius 3 is 2.72 bits per heavy atom. The maximum absolute atomic E-state index is 12.9.